The maximum atomic E-state index is 12.8. The van der Waals surface area contributed by atoms with Gasteiger partial charge in [0.25, 0.3) is 0 Å². The van der Waals surface area contributed by atoms with Crippen molar-refractivity contribution in [1.82, 2.24) is 14.5 Å². The zero-order valence-electron chi connectivity index (χ0n) is 17.6. The van der Waals surface area contributed by atoms with Crippen molar-refractivity contribution in [2.45, 2.75) is 25.4 Å². The summed E-state index contributed by atoms with van der Waals surface area (Å²) < 4.78 is 7.51. The average molecular weight is 412 g/mol. The minimum Gasteiger partial charge on any atom is -0.497 e. The number of imidazole rings is 1. The second-order valence-electron chi connectivity index (χ2n) is 8.05. The Labute approximate surface area is 181 Å². The van der Waals surface area contributed by atoms with Gasteiger partial charge in [-0.25, -0.2) is 4.98 Å². The molecule has 156 valence electrons. The number of nitrogens with zero attached hydrogens (tertiary/aromatic N) is 3. The quantitative estimate of drug-likeness (QED) is 0.466. The fraction of sp³-hybridized carbons (Fsp3) is 0.231. The van der Waals surface area contributed by atoms with Crippen LogP contribution >= 0.6 is 0 Å². The van der Waals surface area contributed by atoms with Gasteiger partial charge in [-0.05, 0) is 35.4 Å². The van der Waals surface area contributed by atoms with Crippen molar-refractivity contribution in [2.24, 2.45) is 0 Å². The van der Waals surface area contributed by atoms with Gasteiger partial charge in [0.2, 0.25) is 5.91 Å². The maximum Gasteiger partial charge on any atom is 0.223 e. The molecule has 1 atom stereocenters. The summed E-state index contributed by atoms with van der Waals surface area (Å²) in [4.78, 5) is 19.7. The van der Waals surface area contributed by atoms with E-state index in [4.69, 9.17) is 9.72 Å². The van der Waals surface area contributed by atoms with E-state index < -0.39 is 0 Å². The van der Waals surface area contributed by atoms with Crippen molar-refractivity contribution in [3.8, 4) is 5.75 Å². The third-order valence-corrected chi connectivity index (χ3v) is 5.98. The Morgan fingerprint density at radius 1 is 0.903 bits per heavy atom. The average Bonchev–Trinajstić information content (AvgIpc) is 3.35. The van der Waals surface area contributed by atoms with Crippen LogP contribution in [0.25, 0.3) is 11.0 Å². The first-order chi connectivity index (χ1) is 15.2. The van der Waals surface area contributed by atoms with Crippen LogP contribution in [0.5, 0.6) is 5.75 Å². The lowest BCUT2D eigenvalue weighted by Crippen LogP contribution is -2.24. The van der Waals surface area contributed by atoms with Crippen molar-refractivity contribution in [2.75, 3.05) is 13.7 Å². The summed E-state index contributed by atoms with van der Waals surface area (Å²) in [7, 11) is 1.66. The van der Waals surface area contributed by atoms with Crippen LogP contribution in [-0.4, -0.2) is 34.0 Å². The van der Waals surface area contributed by atoms with Gasteiger partial charge in [0.15, 0.2) is 0 Å². The van der Waals surface area contributed by atoms with Crippen LogP contribution in [0.1, 0.15) is 29.3 Å². The van der Waals surface area contributed by atoms with Crippen LogP contribution in [0, 0.1) is 0 Å². The molecule has 5 nitrogen and oxygen atoms in total. The summed E-state index contributed by atoms with van der Waals surface area (Å²) in [5.74, 6) is 2.08. The molecule has 1 fully saturated rings. The van der Waals surface area contributed by atoms with Crippen LogP contribution < -0.4 is 4.74 Å². The lowest BCUT2D eigenvalue weighted by molar-refractivity contribution is -0.128. The molecule has 0 saturated carbocycles. The lowest BCUT2D eigenvalue weighted by atomic mass is 10.1. The fourth-order valence-electron chi connectivity index (χ4n) is 4.39. The highest BCUT2D eigenvalue weighted by molar-refractivity contribution is 5.81. The number of carbonyl (C=O) groups excluding carboxylic acids is 1. The van der Waals surface area contributed by atoms with Gasteiger partial charge >= 0.3 is 0 Å². The molecule has 2 heterocycles. The molecule has 1 aliphatic heterocycles. The van der Waals surface area contributed by atoms with Gasteiger partial charge in [0.05, 0.1) is 18.1 Å². The Balaban J connectivity index is 1.42. The number of fused-ring (bicyclic) bond motifs is 1. The number of amides is 1. The van der Waals surface area contributed by atoms with Gasteiger partial charge in [0, 0.05) is 32.0 Å². The first kappa shape index (κ1) is 19.4. The summed E-state index contributed by atoms with van der Waals surface area (Å²) in [5, 5.41) is 0. The summed E-state index contributed by atoms with van der Waals surface area (Å²) in [6.45, 7) is 2.04. The van der Waals surface area contributed by atoms with Crippen molar-refractivity contribution < 1.29 is 9.53 Å². The molecule has 1 amide bonds. The number of rotatable bonds is 6. The van der Waals surface area contributed by atoms with Gasteiger partial charge in [-0.15, -0.1) is 0 Å². The van der Waals surface area contributed by atoms with E-state index in [1.54, 1.807) is 7.11 Å². The van der Waals surface area contributed by atoms with Crippen molar-refractivity contribution >= 4 is 16.9 Å². The molecule has 0 radical (unpaired) electrons. The molecule has 5 heteroatoms. The molecule has 0 N–H and O–H groups in total. The molecule has 0 spiro atoms. The SMILES string of the molecule is COc1ccc(CN2CC(c3nc4ccccc4n3Cc3ccccc3)CC2=O)cc1. The van der Waals surface area contributed by atoms with E-state index >= 15 is 0 Å². The van der Waals surface area contributed by atoms with Crippen molar-refractivity contribution in [3.63, 3.8) is 0 Å². The first-order valence-electron chi connectivity index (χ1n) is 10.6. The molecular weight excluding hydrogens is 386 g/mol. The Bertz CT molecular complexity index is 1200. The Hall–Kier alpha value is -3.60. The van der Waals surface area contributed by atoms with Crippen LogP contribution in [-0.2, 0) is 17.9 Å². The molecule has 1 aliphatic rings. The second kappa shape index (κ2) is 8.26. The van der Waals surface area contributed by atoms with E-state index in [-0.39, 0.29) is 11.8 Å². The van der Waals surface area contributed by atoms with E-state index in [0.29, 0.717) is 19.5 Å². The molecule has 1 unspecified atom stereocenters. The molecular formula is C26H25N3O2. The van der Waals surface area contributed by atoms with Gasteiger partial charge in [0.1, 0.15) is 11.6 Å². The number of hydrogen-bond donors (Lipinski definition) is 0. The van der Waals surface area contributed by atoms with E-state index in [9.17, 15) is 4.79 Å². The zero-order valence-corrected chi connectivity index (χ0v) is 17.6. The van der Waals surface area contributed by atoms with Gasteiger partial charge in [-0.3, -0.25) is 4.79 Å². The van der Waals surface area contributed by atoms with E-state index in [1.807, 2.05) is 53.4 Å². The molecule has 0 aliphatic carbocycles. The normalized spacial score (nSPS) is 16.2. The molecule has 5 rings (SSSR count). The maximum absolute atomic E-state index is 12.8. The predicted octanol–water partition coefficient (Wildman–Crippen LogP) is 4.61. The second-order valence-corrected chi connectivity index (χ2v) is 8.05. The molecule has 31 heavy (non-hydrogen) atoms. The number of carbonyl (C=O) groups is 1. The summed E-state index contributed by atoms with van der Waals surface area (Å²) in [5.41, 5.74) is 4.43. The Morgan fingerprint density at radius 3 is 2.39 bits per heavy atom. The molecule has 1 aromatic heterocycles. The summed E-state index contributed by atoms with van der Waals surface area (Å²) in [6.07, 6.45) is 0.494. The smallest absolute Gasteiger partial charge is 0.223 e. The van der Waals surface area contributed by atoms with Gasteiger partial charge in [-0.2, -0.15) is 0 Å². The molecule has 0 bridgehead atoms. The number of para-hydroxylation sites is 2. The van der Waals surface area contributed by atoms with Crippen molar-refractivity contribution in [3.05, 3.63) is 95.8 Å². The van der Waals surface area contributed by atoms with E-state index in [2.05, 4.69) is 34.9 Å². The number of methoxy groups -OCH3 is 1. The minimum absolute atomic E-state index is 0.0851. The highest BCUT2D eigenvalue weighted by atomic mass is 16.5. The van der Waals surface area contributed by atoms with Gasteiger partial charge in [-0.1, -0.05) is 54.6 Å². The van der Waals surface area contributed by atoms with Crippen LogP contribution in [0.2, 0.25) is 0 Å². The molecule has 4 aromatic rings. The number of aromatic nitrogens is 2. The Kier molecular flexibility index (Phi) is 5.16. The monoisotopic (exact) mass is 411 g/mol. The van der Waals surface area contributed by atoms with Crippen LogP contribution in [0.4, 0.5) is 0 Å². The van der Waals surface area contributed by atoms with E-state index in [0.717, 1.165) is 34.7 Å². The standard InChI is InChI=1S/C26H25N3O2/c1-31-22-13-11-20(12-14-22)16-28-18-21(15-25(28)30)26-27-23-9-5-6-10-24(23)29(26)17-19-7-3-2-4-8-19/h2-14,21H,15-18H2,1H3. The van der Waals surface area contributed by atoms with Crippen LogP contribution in [0.3, 0.4) is 0 Å². The summed E-state index contributed by atoms with van der Waals surface area (Å²) >= 11 is 0. The highest BCUT2D eigenvalue weighted by Crippen LogP contribution is 2.32. The molecule has 1 saturated heterocycles. The first-order valence-corrected chi connectivity index (χ1v) is 10.6. The Morgan fingerprint density at radius 2 is 1.61 bits per heavy atom. The number of ether oxygens (including phenoxy) is 1. The zero-order chi connectivity index (χ0) is 21.2. The van der Waals surface area contributed by atoms with Crippen LogP contribution in [0.15, 0.2) is 78.9 Å². The van der Waals surface area contributed by atoms with E-state index in [1.165, 1.54) is 5.56 Å². The molecule has 3 aromatic carbocycles. The van der Waals surface area contributed by atoms with Gasteiger partial charge < -0.3 is 14.2 Å². The number of likely N-dealkylation sites (tertiary alicyclic amines) is 1. The van der Waals surface area contributed by atoms with Crippen molar-refractivity contribution in [1.29, 1.82) is 0 Å². The number of hydrogen-bond acceptors (Lipinski definition) is 3. The minimum atomic E-state index is 0.0851. The third kappa shape index (κ3) is 3.91. The topological polar surface area (TPSA) is 47.4 Å². The predicted molar refractivity (Wildman–Crippen MR) is 121 cm³/mol. The summed E-state index contributed by atoms with van der Waals surface area (Å²) in [6, 6.07) is 26.5. The number of benzene rings is 3. The lowest BCUT2D eigenvalue weighted by Gasteiger charge is -2.18. The highest BCUT2D eigenvalue weighted by Gasteiger charge is 2.34. The largest absolute Gasteiger partial charge is 0.497 e. The third-order valence-electron chi connectivity index (χ3n) is 5.98. The fourth-order valence-corrected chi connectivity index (χ4v) is 4.39.